The van der Waals surface area contributed by atoms with E-state index in [4.69, 9.17) is 0 Å². The van der Waals surface area contributed by atoms with Gasteiger partial charge in [-0.3, -0.25) is 0 Å². The van der Waals surface area contributed by atoms with Gasteiger partial charge in [-0.15, -0.1) is 0 Å². The monoisotopic (exact) mass is 410 g/mol. The van der Waals surface area contributed by atoms with Crippen LogP contribution < -0.4 is 0 Å². The summed E-state index contributed by atoms with van der Waals surface area (Å²) in [6.45, 7) is -1.57. The van der Waals surface area contributed by atoms with Crippen molar-refractivity contribution < 1.29 is 65.3 Å². The second kappa shape index (κ2) is 6.19. The maximum Gasteiger partial charge on any atom is 0.427 e. The van der Waals surface area contributed by atoms with Crippen LogP contribution in [0.15, 0.2) is 0 Å². The van der Waals surface area contributed by atoms with Gasteiger partial charge in [0.15, 0.2) is 0 Å². The molecule has 0 fully saturated rings. The molecule has 0 atom stereocenters. The molecule has 16 heteroatoms. The summed E-state index contributed by atoms with van der Waals surface area (Å²) in [7, 11) is 0. The Balaban J connectivity index is 5.74. The highest BCUT2D eigenvalue weighted by atomic mass is 32.2. The highest BCUT2D eigenvalue weighted by Gasteiger charge is 2.73. The Bertz CT molecular complexity index is 403. The molecule has 0 spiro atoms. The van der Waals surface area contributed by atoms with Crippen LogP contribution in [0, 0.1) is 0 Å². The minimum atomic E-state index is -6.38. The molecule has 3 nitrogen and oxygen atoms in total. The largest absolute Gasteiger partial charge is 0.427 e. The molecule has 0 amide bonds. The number of hydrogen-bond donors (Lipinski definition) is 0. The lowest BCUT2D eigenvalue weighted by atomic mass is 10.1. The molecule has 0 aromatic rings. The topological polar surface area (TPSA) is 35.5 Å². The Morgan fingerprint density at radius 1 is 0.542 bits per heavy atom. The van der Waals surface area contributed by atoms with Crippen molar-refractivity contribution in [1.82, 2.24) is 0 Å². The molecule has 0 saturated heterocycles. The first kappa shape index (κ1) is 23.2. The average Bonchev–Trinajstić information content (AvgIpc) is 2.21. The van der Waals surface area contributed by atoms with Gasteiger partial charge in [0, 0.05) is 0 Å². The zero-order chi connectivity index (χ0) is 20.0. The fraction of sp³-hybridized carbons (Fsp3) is 1.00. The molecule has 0 unspecified atom stereocenters. The van der Waals surface area contributed by atoms with Crippen molar-refractivity contribution in [2.75, 3.05) is 0 Å². The van der Waals surface area contributed by atoms with E-state index in [1.807, 2.05) is 0 Å². The third kappa shape index (κ3) is 4.25. The Morgan fingerprint density at radius 2 is 0.708 bits per heavy atom. The van der Waals surface area contributed by atoms with Crippen molar-refractivity contribution in [3.8, 4) is 0 Å². The predicted octanol–water partition coefficient (Wildman–Crippen LogP) is 4.36. The van der Waals surface area contributed by atoms with Gasteiger partial charge in [0.25, 0.3) is 11.2 Å². The maximum atomic E-state index is 12.4. The lowest BCUT2D eigenvalue weighted by Crippen LogP contribution is -2.59. The molecular weight excluding hydrogens is 404 g/mol. The summed E-state index contributed by atoms with van der Waals surface area (Å²) in [5.41, 5.74) is -10.7. The van der Waals surface area contributed by atoms with E-state index in [-0.39, 0.29) is 0 Å². The molecule has 0 aliphatic carbocycles. The fourth-order valence-corrected chi connectivity index (χ4v) is 1.76. The Kier molecular flexibility index (Phi) is 5.99. The number of hydrogen-bond acceptors (Lipinski definition) is 3. The van der Waals surface area contributed by atoms with E-state index in [0.29, 0.717) is 0 Å². The maximum absolute atomic E-state index is 12.4. The second-order valence-corrected chi connectivity index (χ2v) is 5.17. The molecular formula is C8H6F12O3S. The van der Waals surface area contributed by atoms with E-state index >= 15 is 0 Å². The smallest absolute Gasteiger partial charge is 0.243 e. The summed E-state index contributed by atoms with van der Waals surface area (Å²) in [5, 5.41) is 0. The van der Waals surface area contributed by atoms with Crippen LogP contribution in [0.1, 0.15) is 13.8 Å². The van der Waals surface area contributed by atoms with Gasteiger partial charge in [0.05, 0.1) is 0 Å². The summed E-state index contributed by atoms with van der Waals surface area (Å²) < 4.78 is 165. The van der Waals surface area contributed by atoms with Gasteiger partial charge in [-0.05, 0) is 13.8 Å². The second-order valence-electron chi connectivity index (χ2n) is 4.43. The molecule has 0 bridgehead atoms. The molecule has 146 valence electrons. The highest BCUT2D eigenvalue weighted by Crippen LogP contribution is 2.49. The first-order chi connectivity index (χ1) is 10.1. The molecule has 24 heavy (non-hydrogen) atoms. The van der Waals surface area contributed by atoms with E-state index in [9.17, 15) is 56.9 Å². The molecule has 0 heterocycles. The minimum absolute atomic E-state index is 0.785. The van der Waals surface area contributed by atoms with Gasteiger partial charge in [0.1, 0.15) is 0 Å². The molecule has 0 radical (unpaired) electrons. The number of rotatable bonds is 4. The summed E-state index contributed by atoms with van der Waals surface area (Å²) >= 11 is -4.72. The van der Waals surface area contributed by atoms with E-state index in [1.165, 1.54) is 0 Å². The van der Waals surface area contributed by atoms with Crippen LogP contribution in [0.4, 0.5) is 52.7 Å². The molecule has 0 aliphatic rings. The Hall–Kier alpha value is -0.770. The van der Waals surface area contributed by atoms with Gasteiger partial charge in [-0.1, -0.05) is 0 Å². The van der Waals surface area contributed by atoms with E-state index < -0.39 is 61.1 Å². The SMILES string of the molecule is CC(OS(=O)OC(C)(C(F)(F)F)C(F)(F)F)(C(F)(F)F)C(F)(F)F. The Labute approximate surface area is 127 Å². The predicted molar refractivity (Wildman–Crippen MR) is 51.3 cm³/mol. The molecule has 0 rings (SSSR count). The van der Waals surface area contributed by atoms with Crippen LogP contribution in [0.3, 0.4) is 0 Å². The van der Waals surface area contributed by atoms with Crippen LogP contribution in [0.2, 0.25) is 0 Å². The van der Waals surface area contributed by atoms with Crippen LogP contribution >= 0.6 is 0 Å². The fourth-order valence-electron chi connectivity index (χ4n) is 0.800. The first-order valence-electron chi connectivity index (χ1n) is 5.18. The lowest BCUT2D eigenvalue weighted by molar-refractivity contribution is -0.361. The summed E-state index contributed by atoms with van der Waals surface area (Å²) in [4.78, 5) is 0. The third-order valence-electron chi connectivity index (χ3n) is 2.63. The zero-order valence-electron chi connectivity index (χ0n) is 11.2. The summed E-state index contributed by atoms with van der Waals surface area (Å²) in [6, 6.07) is 0. The highest BCUT2D eigenvalue weighted by molar-refractivity contribution is 7.75. The van der Waals surface area contributed by atoms with Crippen LogP contribution in [-0.4, -0.2) is 40.1 Å². The van der Waals surface area contributed by atoms with Gasteiger partial charge in [-0.25, -0.2) is 8.37 Å². The van der Waals surface area contributed by atoms with Crippen LogP contribution in [-0.2, 0) is 19.7 Å². The van der Waals surface area contributed by atoms with Gasteiger partial charge in [0.2, 0.25) is 0 Å². The lowest BCUT2D eigenvalue weighted by Gasteiger charge is -2.35. The van der Waals surface area contributed by atoms with Crippen molar-refractivity contribution in [2.45, 2.75) is 49.8 Å². The van der Waals surface area contributed by atoms with Crippen molar-refractivity contribution in [3.05, 3.63) is 0 Å². The molecule has 0 aromatic heterocycles. The van der Waals surface area contributed by atoms with Gasteiger partial charge >= 0.3 is 36.1 Å². The van der Waals surface area contributed by atoms with Crippen molar-refractivity contribution in [3.63, 3.8) is 0 Å². The Morgan fingerprint density at radius 3 is 0.833 bits per heavy atom. The van der Waals surface area contributed by atoms with Crippen molar-refractivity contribution >= 4 is 11.4 Å². The minimum Gasteiger partial charge on any atom is -0.243 e. The summed E-state index contributed by atoms with van der Waals surface area (Å²) in [5.74, 6) is 0. The quantitative estimate of drug-likeness (QED) is 0.647. The normalized spacial score (nSPS) is 16.0. The number of halogens is 12. The molecule has 0 aromatic carbocycles. The van der Waals surface area contributed by atoms with Crippen LogP contribution in [0.5, 0.6) is 0 Å². The molecule has 0 N–H and O–H groups in total. The third-order valence-corrected chi connectivity index (χ3v) is 3.57. The molecule has 0 saturated carbocycles. The zero-order valence-corrected chi connectivity index (χ0v) is 12.0. The molecule has 0 aliphatic heterocycles. The van der Waals surface area contributed by atoms with E-state index in [1.54, 1.807) is 0 Å². The van der Waals surface area contributed by atoms with E-state index in [0.717, 1.165) is 0 Å². The average molecular weight is 410 g/mol. The van der Waals surface area contributed by atoms with Crippen LogP contribution in [0.25, 0.3) is 0 Å². The standard InChI is InChI=1S/C8H6F12O3S/c1-3(5(9,10)11,6(12,13)14)22-24(21)23-4(2,7(15,16)17)8(18,19)20/h1-2H3. The summed E-state index contributed by atoms with van der Waals surface area (Å²) in [6.07, 6.45) is -25.5. The van der Waals surface area contributed by atoms with Gasteiger partial charge < -0.3 is 0 Å². The van der Waals surface area contributed by atoms with Crippen molar-refractivity contribution in [1.29, 1.82) is 0 Å². The number of alkyl halides is 12. The van der Waals surface area contributed by atoms with E-state index in [2.05, 4.69) is 8.37 Å². The van der Waals surface area contributed by atoms with Crippen molar-refractivity contribution in [2.24, 2.45) is 0 Å². The first-order valence-corrected chi connectivity index (χ1v) is 6.18. The van der Waals surface area contributed by atoms with Gasteiger partial charge in [-0.2, -0.15) is 56.9 Å².